The molecule has 2 N–H and O–H groups in total. The van der Waals surface area contributed by atoms with Crippen molar-refractivity contribution >= 4 is 45.2 Å². The van der Waals surface area contributed by atoms with E-state index in [1.165, 1.54) is 5.56 Å². The molecular formula is C22H28BrN3O2S. The molecule has 0 saturated carbocycles. The molecule has 2 aromatic rings. The van der Waals surface area contributed by atoms with Crippen LogP contribution in [0.25, 0.3) is 0 Å². The third-order valence-corrected chi connectivity index (χ3v) is 5.76. The predicted molar refractivity (Wildman–Crippen MR) is 126 cm³/mol. The zero-order valence-corrected chi connectivity index (χ0v) is 19.5. The highest BCUT2D eigenvalue weighted by molar-refractivity contribution is 9.10. The summed E-state index contributed by atoms with van der Waals surface area (Å²) < 4.78 is 0.704. The van der Waals surface area contributed by atoms with Gasteiger partial charge in [0, 0.05) is 16.7 Å². The summed E-state index contributed by atoms with van der Waals surface area (Å²) in [5, 5.41) is 5.80. The molecule has 0 bridgehead atoms. The van der Waals surface area contributed by atoms with Gasteiger partial charge in [-0.3, -0.25) is 9.59 Å². The lowest BCUT2D eigenvalue weighted by Gasteiger charge is -2.19. The van der Waals surface area contributed by atoms with Crippen molar-refractivity contribution in [1.29, 1.82) is 0 Å². The number of amides is 2. The van der Waals surface area contributed by atoms with Crippen LogP contribution in [0, 0.1) is 0 Å². The van der Waals surface area contributed by atoms with E-state index in [2.05, 4.69) is 31.5 Å². The van der Waals surface area contributed by atoms with Crippen LogP contribution in [0.3, 0.4) is 0 Å². The molecular weight excluding hydrogens is 450 g/mol. The van der Waals surface area contributed by atoms with Gasteiger partial charge in [-0.05, 0) is 84.7 Å². The number of carbonyl (C=O) groups excluding carboxylic acids is 2. The number of halogens is 1. The van der Waals surface area contributed by atoms with Gasteiger partial charge in [0.2, 0.25) is 5.91 Å². The Hall–Kier alpha value is -1.83. The van der Waals surface area contributed by atoms with Gasteiger partial charge in [0.1, 0.15) is 6.04 Å². The molecule has 29 heavy (non-hydrogen) atoms. The molecule has 0 heterocycles. The van der Waals surface area contributed by atoms with Crippen molar-refractivity contribution in [3.63, 3.8) is 0 Å². The number of carbonyl (C=O) groups is 2. The van der Waals surface area contributed by atoms with Crippen LogP contribution in [-0.2, 0) is 11.2 Å². The minimum absolute atomic E-state index is 0.208. The summed E-state index contributed by atoms with van der Waals surface area (Å²) in [6.07, 6.45) is 3.50. The fourth-order valence-electron chi connectivity index (χ4n) is 2.72. The maximum absolute atomic E-state index is 12.8. The van der Waals surface area contributed by atoms with E-state index in [0.717, 1.165) is 24.4 Å². The number of nitrogens with zero attached hydrogens (tertiary/aromatic N) is 1. The number of hydrogen-bond donors (Lipinski definition) is 2. The molecule has 0 aromatic heterocycles. The van der Waals surface area contributed by atoms with Gasteiger partial charge < -0.3 is 15.5 Å². The first-order valence-electron chi connectivity index (χ1n) is 9.49. The largest absolute Gasteiger partial charge is 0.340 e. The van der Waals surface area contributed by atoms with Crippen LogP contribution in [0.15, 0.2) is 53.0 Å². The lowest BCUT2D eigenvalue weighted by Crippen LogP contribution is -2.44. The third-order valence-electron chi connectivity index (χ3n) is 4.42. The molecule has 0 fully saturated rings. The number of nitrogens with one attached hydrogen (secondary N) is 2. The van der Waals surface area contributed by atoms with Gasteiger partial charge in [-0.2, -0.15) is 11.8 Å². The number of rotatable bonds is 10. The van der Waals surface area contributed by atoms with Crippen LogP contribution in [0.4, 0.5) is 5.69 Å². The standard InChI is InChI=1S/C22H28BrN3O2S/c1-26(2)14-12-16-8-10-17(11-9-16)24-22(28)20(13-15-29-3)25-21(27)18-6-4-5-7-19(18)23/h4-11,20H,12-15H2,1-3H3,(H,24,28)(H,25,27). The van der Waals surface area contributed by atoms with Crippen molar-refractivity contribution < 1.29 is 9.59 Å². The van der Waals surface area contributed by atoms with E-state index < -0.39 is 6.04 Å². The fraction of sp³-hybridized carbons (Fsp3) is 0.364. The van der Waals surface area contributed by atoms with Gasteiger partial charge in [0.25, 0.3) is 5.91 Å². The van der Waals surface area contributed by atoms with Crippen molar-refractivity contribution in [1.82, 2.24) is 10.2 Å². The van der Waals surface area contributed by atoms with E-state index in [0.29, 0.717) is 16.5 Å². The molecule has 0 aliphatic carbocycles. The summed E-state index contributed by atoms with van der Waals surface area (Å²) in [6, 6.07) is 14.4. The summed E-state index contributed by atoms with van der Waals surface area (Å²) in [6.45, 7) is 0.976. The Morgan fingerprint density at radius 2 is 1.79 bits per heavy atom. The van der Waals surface area contributed by atoms with Crippen LogP contribution in [0.2, 0.25) is 0 Å². The lowest BCUT2D eigenvalue weighted by atomic mass is 10.1. The SMILES string of the molecule is CSCCC(NC(=O)c1ccccc1Br)C(=O)Nc1ccc(CCN(C)C)cc1. The van der Waals surface area contributed by atoms with Crippen molar-refractivity contribution in [3.8, 4) is 0 Å². The maximum Gasteiger partial charge on any atom is 0.253 e. The Balaban J connectivity index is 2.02. The number of hydrogen-bond acceptors (Lipinski definition) is 4. The highest BCUT2D eigenvalue weighted by Gasteiger charge is 2.22. The lowest BCUT2D eigenvalue weighted by molar-refractivity contribution is -0.118. The third kappa shape index (κ3) is 7.84. The highest BCUT2D eigenvalue weighted by Crippen LogP contribution is 2.17. The second-order valence-electron chi connectivity index (χ2n) is 7.03. The second kappa shape index (κ2) is 12.0. The Bertz CT molecular complexity index is 812. The molecule has 0 aliphatic rings. The second-order valence-corrected chi connectivity index (χ2v) is 8.87. The Kier molecular flexibility index (Phi) is 9.70. The molecule has 0 saturated heterocycles. The first kappa shape index (κ1) is 23.4. The zero-order valence-electron chi connectivity index (χ0n) is 17.1. The molecule has 0 aliphatic heterocycles. The summed E-state index contributed by atoms with van der Waals surface area (Å²) >= 11 is 5.03. The van der Waals surface area contributed by atoms with Crippen LogP contribution in [0.1, 0.15) is 22.3 Å². The molecule has 0 radical (unpaired) electrons. The molecule has 156 valence electrons. The molecule has 5 nitrogen and oxygen atoms in total. The molecule has 1 atom stereocenters. The highest BCUT2D eigenvalue weighted by atomic mass is 79.9. The molecule has 0 spiro atoms. The van der Waals surface area contributed by atoms with E-state index >= 15 is 0 Å². The smallest absolute Gasteiger partial charge is 0.253 e. The Morgan fingerprint density at radius 1 is 1.10 bits per heavy atom. The van der Waals surface area contributed by atoms with Crippen molar-refractivity contribution in [2.45, 2.75) is 18.9 Å². The maximum atomic E-state index is 12.8. The minimum atomic E-state index is -0.601. The monoisotopic (exact) mass is 477 g/mol. The van der Waals surface area contributed by atoms with E-state index in [9.17, 15) is 9.59 Å². The van der Waals surface area contributed by atoms with E-state index in [1.54, 1.807) is 23.9 Å². The van der Waals surface area contributed by atoms with Gasteiger partial charge in [0.15, 0.2) is 0 Å². The average Bonchev–Trinajstić information content (AvgIpc) is 2.70. The quantitative estimate of drug-likeness (QED) is 0.541. The Labute approximate surface area is 185 Å². The average molecular weight is 478 g/mol. The van der Waals surface area contributed by atoms with Crippen molar-refractivity contribution in [2.75, 3.05) is 38.0 Å². The van der Waals surface area contributed by atoms with Gasteiger partial charge >= 0.3 is 0 Å². The van der Waals surface area contributed by atoms with Crippen molar-refractivity contribution in [3.05, 3.63) is 64.1 Å². The summed E-state index contributed by atoms with van der Waals surface area (Å²) in [5.74, 6) is 0.302. The molecule has 1 unspecified atom stereocenters. The van der Waals surface area contributed by atoms with Crippen LogP contribution < -0.4 is 10.6 Å². The minimum Gasteiger partial charge on any atom is -0.340 e. The van der Waals surface area contributed by atoms with E-state index in [4.69, 9.17) is 0 Å². The number of anilines is 1. The fourth-order valence-corrected chi connectivity index (χ4v) is 3.66. The van der Waals surface area contributed by atoms with Gasteiger partial charge in [-0.1, -0.05) is 24.3 Å². The topological polar surface area (TPSA) is 61.4 Å². The van der Waals surface area contributed by atoms with Crippen LogP contribution in [-0.4, -0.2) is 55.4 Å². The van der Waals surface area contributed by atoms with Crippen molar-refractivity contribution in [2.24, 2.45) is 0 Å². The predicted octanol–water partition coefficient (Wildman–Crippen LogP) is 4.04. The van der Waals surface area contributed by atoms with Gasteiger partial charge in [0.05, 0.1) is 5.56 Å². The number of benzene rings is 2. The summed E-state index contributed by atoms with van der Waals surface area (Å²) in [5.41, 5.74) is 2.46. The molecule has 2 aromatic carbocycles. The number of likely N-dealkylation sites (N-methyl/N-ethyl adjacent to an activating group) is 1. The van der Waals surface area contributed by atoms with E-state index in [-0.39, 0.29) is 11.8 Å². The Morgan fingerprint density at radius 3 is 2.41 bits per heavy atom. The van der Waals surface area contributed by atoms with Gasteiger partial charge in [-0.15, -0.1) is 0 Å². The number of thioether (sulfide) groups is 1. The van der Waals surface area contributed by atoms with Crippen LogP contribution in [0.5, 0.6) is 0 Å². The van der Waals surface area contributed by atoms with E-state index in [1.807, 2.05) is 56.7 Å². The molecule has 2 amide bonds. The summed E-state index contributed by atoms with van der Waals surface area (Å²) in [4.78, 5) is 27.6. The first-order chi connectivity index (χ1) is 13.9. The molecule has 7 heteroatoms. The van der Waals surface area contributed by atoms with Crippen LogP contribution >= 0.6 is 27.7 Å². The normalized spacial score (nSPS) is 11.9. The van der Waals surface area contributed by atoms with Gasteiger partial charge in [-0.25, -0.2) is 0 Å². The zero-order chi connectivity index (χ0) is 21.2. The summed E-state index contributed by atoms with van der Waals surface area (Å²) in [7, 11) is 4.09. The molecule has 2 rings (SSSR count). The first-order valence-corrected chi connectivity index (χ1v) is 11.7.